The second kappa shape index (κ2) is 6.46. The predicted octanol–water partition coefficient (Wildman–Crippen LogP) is 0.868. The van der Waals surface area contributed by atoms with Crippen LogP contribution >= 0.6 is 0 Å². The molecule has 0 amide bonds. The van der Waals surface area contributed by atoms with E-state index in [1.807, 2.05) is 7.05 Å². The molecular formula is C12H27N3. The van der Waals surface area contributed by atoms with E-state index >= 15 is 0 Å². The third-order valence-corrected chi connectivity index (χ3v) is 3.17. The van der Waals surface area contributed by atoms with Gasteiger partial charge in [-0.05, 0) is 53.0 Å². The van der Waals surface area contributed by atoms with Crippen molar-refractivity contribution < 1.29 is 0 Å². The molecule has 1 fully saturated rings. The van der Waals surface area contributed by atoms with Crippen molar-refractivity contribution in [1.29, 1.82) is 0 Å². The third kappa shape index (κ3) is 4.49. The maximum Gasteiger partial charge on any atom is 0.0223 e. The molecule has 1 aliphatic heterocycles. The summed E-state index contributed by atoms with van der Waals surface area (Å²) in [4.78, 5) is 4.98. The lowest BCUT2D eigenvalue weighted by Crippen LogP contribution is -2.41. The van der Waals surface area contributed by atoms with Crippen LogP contribution in [-0.4, -0.2) is 63.2 Å². The largest absolute Gasteiger partial charge is 0.319 e. The molecule has 1 saturated heterocycles. The van der Waals surface area contributed by atoms with Crippen LogP contribution in [0.5, 0.6) is 0 Å². The summed E-state index contributed by atoms with van der Waals surface area (Å²) in [7, 11) is 6.39. The Morgan fingerprint density at radius 1 is 1.47 bits per heavy atom. The zero-order valence-corrected chi connectivity index (χ0v) is 10.8. The van der Waals surface area contributed by atoms with E-state index in [1.54, 1.807) is 0 Å². The van der Waals surface area contributed by atoms with Crippen LogP contribution in [0.3, 0.4) is 0 Å². The Balaban J connectivity index is 2.32. The van der Waals surface area contributed by atoms with Gasteiger partial charge in [0.1, 0.15) is 0 Å². The minimum atomic E-state index is 0.762. The maximum absolute atomic E-state index is 3.26. The van der Waals surface area contributed by atoms with E-state index in [9.17, 15) is 0 Å². The molecule has 0 aromatic rings. The molecule has 3 heteroatoms. The van der Waals surface area contributed by atoms with Gasteiger partial charge in [0.2, 0.25) is 0 Å². The number of hydrogen-bond acceptors (Lipinski definition) is 3. The second-order valence-corrected chi connectivity index (χ2v) is 5.22. The molecule has 1 heterocycles. The van der Waals surface area contributed by atoms with Crippen molar-refractivity contribution in [3.8, 4) is 0 Å². The fraction of sp³-hybridized carbons (Fsp3) is 1.00. The van der Waals surface area contributed by atoms with Crippen LogP contribution < -0.4 is 5.32 Å². The Morgan fingerprint density at radius 3 is 2.80 bits per heavy atom. The number of hydrogen-bond donors (Lipinski definition) is 1. The molecule has 1 rings (SSSR count). The van der Waals surface area contributed by atoms with Crippen LogP contribution in [0.2, 0.25) is 0 Å². The standard InChI is InChI=1S/C12H27N3/c1-11(8-13-2)9-15-7-5-6-12(15)10-14(3)4/h11-13H,5-10H2,1-4H3. The normalized spacial score (nSPS) is 25.0. The smallest absolute Gasteiger partial charge is 0.0223 e. The van der Waals surface area contributed by atoms with E-state index in [1.165, 1.54) is 32.5 Å². The minimum Gasteiger partial charge on any atom is -0.319 e. The van der Waals surface area contributed by atoms with Crippen molar-refractivity contribution >= 4 is 0 Å². The Morgan fingerprint density at radius 2 is 2.20 bits per heavy atom. The van der Waals surface area contributed by atoms with Gasteiger partial charge in [0.25, 0.3) is 0 Å². The summed E-state index contributed by atoms with van der Waals surface area (Å²) in [6.07, 6.45) is 2.76. The van der Waals surface area contributed by atoms with Crippen LogP contribution in [0.4, 0.5) is 0 Å². The molecule has 1 aliphatic rings. The monoisotopic (exact) mass is 213 g/mol. The van der Waals surface area contributed by atoms with Gasteiger partial charge in [-0.15, -0.1) is 0 Å². The van der Waals surface area contributed by atoms with Crippen LogP contribution in [0.1, 0.15) is 19.8 Å². The fourth-order valence-electron chi connectivity index (χ4n) is 2.58. The molecule has 0 spiro atoms. The predicted molar refractivity (Wildman–Crippen MR) is 66.2 cm³/mol. The number of nitrogens with zero attached hydrogens (tertiary/aromatic N) is 2. The highest BCUT2D eigenvalue weighted by molar-refractivity contribution is 4.82. The van der Waals surface area contributed by atoms with Crippen molar-refractivity contribution in [2.75, 3.05) is 47.3 Å². The average Bonchev–Trinajstić information content (AvgIpc) is 2.52. The van der Waals surface area contributed by atoms with Crippen LogP contribution in [-0.2, 0) is 0 Å². The lowest BCUT2D eigenvalue weighted by molar-refractivity contribution is 0.185. The topological polar surface area (TPSA) is 18.5 Å². The summed E-state index contributed by atoms with van der Waals surface area (Å²) in [6.45, 7) is 7.23. The van der Waals surface area contributed by atoms with Gasteiger partial charge < -0.3 is 10.2 Å². The first-order chi connectivity index (χ1) is 7.13. The van der Waals surface area contributed by atoms with Crippen LogP contribution in [0.25, 0.3) is 0 Å². The highest BCUT2D eigenvalue weighted by Crippen LogP contribution is 2.18. The fourth-order valence-corrected chi connectivity index (χ4v) is 2.58. The summed E-state index contributed by atoms with van der Waals surface area (Å²) < 4.78 is 0. The van der Waals surface area contributed by atoms with E-state index in [-0.39, 0.29) is 0 Å². The Hall–Kier alpha value is -0.120. The lowest BCUT2D eigenvalue weighted by Gasteiger charge is -2.29. The molecule has 15 heavy (non-hydrogen) atoms. The van der Waals surface area contributed by atoms with Crippen LogP contribution in [0.15, 0.2) is 0 Å². The number of rotatable bonds is 6. The quantitative estimate of drug-likeness (QED) is 0.706. The van der Waals surface area contributed by atoms with E-state index < -0.39 is 0 Å². The van der Waals surface area contributed by atoms with E-state index in [0.717, 1.165) is 18.5 Å². The van der Waals surface area contributed by atoms with Crippen molar-refractivity contribution in [1.82, 2.24) is 15.1 Å². The molecule has 3 nitrogen and oxygen atoms in total. The first-order valence-corrected chi connectivity index (χ1v) is 6.17. The first-order valence-electron chi connectivity index (χ1n) is 6.17. The molecule has 0 bridgehead atoms. The van der Waals surface area contributed by atoms with Gasteiger partial charge in [0, 0.05) is 19.1 Å². The van der Waals surface area contributed by atoms with Gasteiger partial charge >= 0.3 is 0 Å². The van der Waals surface area contributed by atoms with Crippen molar-refractivity contribution in [3.63, 3.8) is 0 Å². The number of nitrogens with one attached hydrogen (secondary N) is 1. The SMILES string of the molecule is CNCC(C)CN1CCCC1CN(C)C. The minimum absolute atomic E-state index is 0.762. The van der Waals surface area contributed by atoms with Crippen molar-refractivity contribution in [3.05, 3.63) is 0 Å². The summed E-state index contributed by atoms with van der Waals surface area (Å²) in [5.74, 6) is 0.762. The summed E-state index contributed by atoms with van der Waals surface area (Å²) in [5.41, 5.74) is 0. The molecule has 2 unspecified atom stereocenters. The molecule has 90 valence electrons. The van der Waals surface area contributed by atoms with E-state index in [4.69, 9.17) is 0 Å². The van der Waals surface area contributed by atoms with Crippen molar-refractivity contribution in [2.45, 2.75) is 25.8 Å². The molecule has 0 radical (unpaired) electrons. The molecule has 2 atom stereocenters. The molecule has 0 aromatic heterocycles. The number of likely N-dealkylation sites (N-methyl/N-ethyl adjacent to an activating group) is 1. The molecular weight excluding hydrogens is 186 g/mol. The molecule has 0 saturated carbocycles. The summed E-state index contributed by atoms with van der Waals surface area (Å²) in [6, 6.07) is 0.791. The van der Waals surface area contributed by atoms with Gasteiger partial charge in [-0.3, -0.25) is 4.90 Å². The van der Waals surface area contributed by atoms with Gasteiger partial charge in [-0.25, -0.2) is 0 Å². The third-order valence-electron chi connectivity index (χ3n) is 3.17. The highest BCUT2D eigenvalue weighted by atomic mass is 15.2. The lowest BCUT2D eigenvalue weighted by atomic mass is 10.1. The Bertz CT molecular complexity index is 170. The maximum atomic E-state index is 3.26. The van der Waals surface area contributed by atoms with Crippen molar-refractivity contribution in [2.24, 2.45) is 5.92 Å². The molecule has 0 aromatic carbocycles. The molecule has 1 N–H and O–H groups in total. The van der Waals surface area contributed by atoms with E-state index in [0.29, 0.717) is 0 Å². The van der Waals surface area contributed by atoms with Crippen LogP contribution in [0, 0.1) is 5.92 Å². The summed E-state index contributed by atoms with van der Waals surface area (Å²) in [5, 5.41) is 3.26. The highest BCUT2D eigenvalue weighted by Gasteiger charge is 2.25. The zero-order chi connectivity index (χ0) is 11.3. The van der Waals surface area contributed by atoms with Gasteiger partial charge in [-0.1, -0.05) is 6.92 Å². The Labute approximate surface area is 94.8 Å². The van der Waals surface area contributed by atoms with Gasteiger partial charge in [0.15, 0.2) is 0 Å². The second-order valence-electron chi connectivity index (χ2n) is 5.22. The van der Waals surface area contributed by atoms with Gasteiger partial charge in [0.05, 0.1) is 0 Å². The summed E-state index contributed by atoms with van der Waals surface area (Å²) >= 11 is 0. The number of likely N-dealkylation sites (tertiary alicyclic amines) is 1. The zero-order valence-electron chi connectivity index (χ0n) is 10.8. The Kier molecular flexibility index (Phi) is 5.58. The molecule has 0 aliphatic carbocycles. The van der Waals surface area contributed by atoms with E-state index in [2.05, 4.69) is 36.1 Å². The first kappa shape index (κ1) is 12.9. The average molecular weight is 213 g/mol. The van der Waals surface area contributed by atoms with Gasteiger partial charge in [-0.2, -0.15) is 0 Å².